The lowest BCUT2D eigenvalue weighted by molar-refractivity contribution is -0.131. The molecule has 1 amide bonds. The van der Waals surface area contributed by atoms with Crippen molar-refractivity contribution in [2.24, 2.45) is 0 Å². The van der Waals surface area contributed by atoms with Crippen LogP contribution >= 0.6 is 0 Å². The van der Waals surface area contributed by atoms with Crippen molar-refractivity contribution in [2.75, 3.05) is 25.9 Å². The summed E-state index contributed by atoms with van der Waals surface area (Å²) in [5.41, 5.74) is 0.743. The molecule has 122 valence electrons. The molecule has 0 aromatic heterocycles. The highest BCUT2D eigenvalue weighted by Crippen LogP contribution is 2.20. The minimum absolute atomic E-state index is 0.255. The summed E-state index contributed by atoms with van der Waals surface area (Å²) in [5, 5.41) is 0. The Morgan fingerprint density at radius 1 is 1.33 bits per heavy atom. The van der Waals surface area contributed by atoms with Crippen LogP contribution in [0.1, 0.15) is 26.7 Å². The van der Waals surface area contributed by atoms with Gasteiger partial charge in [0, 0.05) is 25.2 Å². The van der Waals surface area contributed by atoms with E-state index < -0.39 is 28.9 Å². The molecule has 5 nitrogen and oxygen atoms in total. The predicted octanol–water partition coefficient (Wildman–Crippen LogP) is 1.47. The first-order chi connectivity index (χ1) is 9.61. The van der Waals surface area contributed by atoms with E-state index >= 15 is 0 Å². The first-order valence-electron chi connectivity index (χ1n) is 6.80. The third-order valence-corrected chi connectivity index (χ3v) is 4.67. The van der Waals surface area contributed by atoms with Crippen molar-refractivity contribution in [3.05, 3.63) is 11.6 Å². The van der Waals surface area contributed by atoms with Gasteiger partial charge in [-0.25, -0.2) is 21.5 Å². The fourth-order valence-corrected chi connectivity index (χ4v) is 3.26. The van der Waals surface area contributed by atoms with Gasteiger partial charge in [-0.3, -0.25) is 4.79 Å². The summed E-state index contributed by atoms with van der Waals surface area (Å²) in [6, 6.07) is -0.347. The molecule has 1 aliphatic heterocycles. The molecule has 0 N–H and O–H groups in total. The molecule has 8 heteroatoms. The monoisotopic (exact) mass is 324 g/mol. The van der Waals surface area contributed by atoms with Crippen LogP contribution in [-0.4, -0.2) is 61.9 Å². The maximum atomic E-state index is 12.7. The van der Waals surface area contributed by atoms with Crippen molar-refractivity contribution in [2.45, 2.75) is 39.2 Å². The Labute approximate surface area is 124 Å². The Bertz CT molecular complexity index is 494. The zero-order chi connectivity index (χ0) is 16.2. The summed E-state index contributed by atoms with van der Waals surface area (Å²) in [6.07, 6.45) is 0.612. The van der Waals surface area contributed by atoms with Crippen LogP contribution in [0.25, 0.3) is 0 Å². The van der Waals surface area contributed by atoms with E-state index in [1.165, 1.54) is 10.4 Å². The Kier molecular flexibility index (Phi) is 6.27. The van der Waals surface area contributed by atoms with Gasteiger partial charge in [0.15, 0.2) is 0 Å². The van der Waals surface area contributed by atoms with E-state index in [2.05, 4.69) is 0 Å². The zero-order valence-electron chi connectivity index (χ0n) is 12.6. The van der Waals surface area contributed by atoms with Crippen molar-refractivity contribution in [3.63, 3.8) is 0 Å². The number of nitrogens with zero attached hydrogens (tertiary/aromatic N) is 2. The standard InChI is InChI=1S/C13H22F2N2O3S/c1-10(2)8-13(18)17(9-12(14)15)11-4-6-16(7-5-11)21(3,19)20/h8,11-12H,4-7,9H2,1-3H3. The van der Waals surface area contributed by atoms with Crippen molar-refractivity contribution in [1.82, 2.24) is 9.21 Å². The van der Waals surface area contributed by atoms with Crippen molar-refractivity contribution < 1.29 is 22.0 Å². The zero-order valence-corrected chi connectivity index (χ0v) is 13.4. The molecular weight excluding hydrogens is 302 g/mol. The van der Waals surface area contributed by atoms with Gasteiger partial charge in [-0.2, -0.15) is 0 Å². The van der Waals surface area contributed by atoms with Gasteiger partial charge in [0.2, 0.25) is 15.9 Å². The van der Waals surface area contributed by atoms with E-state index in [4.69, 9.17) is 0 Å². The van der Waals surface area contributed by atoms with Crippen LogP contribution in [0.2, 0.25) is 0 Å². The van der Waals surface area contributed by atoms with Gasteiger partial charge in [0.1, 0.15) is 0 Å². The molecule has 1 heterocycles. The maximum Gasteiger partial charge on any atom is 0.255 e. The summed E-state index contributed by atoms with van der Waals surface area (Å²) in [7, 11) is -3.27. The highest BCUT2D eigenvalue weighted by Gasteiger charge is 2.31. The summed E-state index contributed by atoms with van der Waals surface area (Å²) < 4.78 is 49.6. The molecule has 0 aromatic rings. The Hall–Kier alpha value is -1.02. The van der Waals surface area contributed by atoms with E-state index in [0.717, 1.165) is 16.7 Å². The van der Waals surface area contributed by atoms with Gasteiger partial charge in [-0.1, -0.05) is 5.57 Å². The van der Waals surface area contributed by atoms with E-state index in [9.17, 15) is 22.0 Å². The van der Waals surface area contributed by atoms with Crippen molar-refractivity contribution >= 4 is 15.9 Å². The average Bonchev–Trinajstić information content (AvgIpc) is 2.34. The third kappa shape index (κ3) is 5.70. The number of carbonyl (C=O) groups excluding carboxylic acids is 1. The lowest BCUT2D eigenvalue weighted by Crippen LogP contribution is -2.49. The highest BCUT2D eigenvalue weighted by molar-refractivity contribution is 7.88. The van der Waals surface area contributed by atoms with Crippen molar-refractivity contribution in [3.8, 4) is 0 Å². The molecule has 0 atom stereocenters. The van der Waals surface area contributed by atoms with Crippen molar-refractivity contribution in [1.29, 1.82) is 0 Å². The van der Waals surface area contributed by atoms with E-state index in [1.807, 2.05) is 0 Å². The van der Waals surface area contributed by atoms with E-state index in [-0.39, 0.29) is 19.1 Å². The summed E-state index contributed by atoms with van der Waals surface area (Å²) in [5.74, 6) is -0.437. The molecule has 0 saturated carbocycles. The van der Waals surface area contributed by atoms with Crippen LogP contribution in [0, 0.1) is 0 Å². The van der Waals surface area contributed by atoms with Gasteiger partial charge < -0.3 is 4.90 Å². The summed E-state index contributed by atoms with van der Waals surface area (Å²) in [4.78, 5) is 13.2. The number of sulfonamides is 1. The first kappa shape index (κ1) is 18.0. The van der Waals surface area contributed by atoms with Gasteiger partial charge in [0.05, 0.1) is 12.8 Å². The van der Waals surface area contributed by atoms with Crippen LogP contribution in [0.4, 0.5) is 8.78 Å². The summed E-state index contributed by atoms with van der Waals surface area (Å²) >= 11 is 0. The van der Waals surface area contributed by atoms with Gasteiger partial charge >= 0.3 is 0 Å². The Morgan fingerprint density at radius 3 is 2.24 bits per heavy atom. The second-order valence-corrected chi connectivity index (χ2v) is 7.48. The number of rotatable bonds is 5. The molecule has 0 spiro atoms. The number of halogens is 2. The van der Waals surface area contributed by atoms with Crippen LogP contribution < -0.4 is 0 Å². The van der Waals surface area contributed by atoms with Gasteiger partial charge in [-0.15, -0.1) is 0 Å². The molecule has 0 aromatic carbocycles. The fraction of sp³-hybridized carbons (Fsp3) is 0.769. The number of hydrogen-bond acceptors (Lipinski definition) is 3. The lowest BCUT2D eigenvalue weighted by atomic mass is 10.0. The molecule has 1 rings (SSSR count). The number of alkyl halides is 2. The van der Waals surface area contributed by atoms with Crippen LogP contribution in [0.5, 0.6) is 0 Å². The van der Waals surface area contributed by atoms with Crippen LogP contribution in [0.15, 0.2) is 11.6 Å². The minimum Gasteiger partial charge on any atom is -0.330 e. The second kappa shape index (κ2) is 7.31. The predicted molar refractivity (Wildman–Crippen MR) is 76.6 cm³/mol. The maximum absolute atomic E-state index is 12.7. The largest absolute Gasteiger partial charge is 0.330 e. The number of carbonyl (C=O) groups is 1. The number of amides is 1. The molecule has 0 bridgehead atoms. The smallest absolute Gasteiger partial charge is 0.255 e. The SMILES string of the molecule is CC(C)=CC(=O)N(CC(F)F)C1CCN(S(C)(=O)=O)CC1. The molecule has 0 aliphatic carbocycles. The summed E-state index contributed by atoms with van der Waals surface area (Å²) in [6.45, 7) is 3.35. The quantitative estimate of drug-likeness (QED) is 0.720. The fourth-order valence-electron chi connectivity index (χ4n) is 2.38. The molecule has 21 heavy (non-hydrogen) atoms. The van der Waals surface area contributed by atoms with E-state index in [1.54, 1.807) is 13.8 Å². The van der Waals surface area contributed by atoms with Crippen LogP contribution in [0.3, 0.4) is 0 Å². The lowest BCUT2D eigenvalue weighted by Gasteiger charge is -2.37. The molecule has 1 fully saturated rings. The highest BCUT2D eigenvalue weighted by atomic mass is 32.2. The van der Waals surface area contributed by atoms with Gasteiger partial charge in [0.25, 0.3) is 6.43 Å². The normalized spacial score (nSPS) is 17.8. The first-order valence-corrected chi connectivity index (χ1v) is 8.65. The van der Waals surface area contributed by atoms with E-state index in [0.29, 0.717) is 12.8 Å². The second-order valence-electron chi connectivity index (χ2n) is 5.50. The topological polar surface area (TPSA) is 57.7 Å². The number of allylic oxidation sites excluding steroid dienone is 1. The molecule has 0 unspecified atom stereocenters. The minimum atomic E-state index is -3.27. The number of hydrogen-bond donors (Lipinski definition) is 0. The average molecular weight is 324 g/mol. The molecular formula is C13H22F2N2O3S. The number of piperidine rings is 1. The molecule has 1 saturated heterocycles. The Balaban J connectivity index is 2.78. The molecule has 0 radical (unpaired) electrons. The Morgan fingerprint density at radius 2 is 1.86 bits per heavy atom. The van der Waals surface area contributed by atoms with Crippen LogP contribution in [-0.2, 0) is 14.8 Å². The molecule has 1 aliphatic rings. The van der Waals surface area contributed by atoms with Gasteiger partial charge in [-0.05, 0) is 26.7 Å². The third-order valence-electron chi connectivity index (χ3n) is 3.36.